The van der Waals surface area contributed by atoms with Crippen LogP contribution in [0.4, 0.5) is 0 Å². The lowest BCUT2D eigenvalue weighted by atomic mass is 9.90. The van der Waals surface area contributed by atoms with Crippen molar-refractivity contribution in [3.05, 3.63) is 28.3 Å². The minimum Gasteiger partial charge on any atom is -0.495 e. The summed E-state index contributed by atoms with van der Waals surface area (Å²) in [6.07, 6.45) is 4.57. The quantitative estimate of drug-likeness (QED) is 0.876. The van der Waals surface area contributed by atoms with E-state index in [1.54, 1.807) is 13.2 Å². The molecule has 0 amide bonds. The van der Waals surface area contributed by atoms with Crippen molar-refractivity contribution in [3.63, 3.8) is 0 Å². The highest BCUT2D eigenvalue weighted by Gasteiger charge is 2.26. The molecule has 2 rings (SSSR count). The number of nitrogens with two attached hydrogens (primary N) is 1. The molecule has 0 heterocycles. The normalized spacial score (nSPS) is 17.1. The van der Waals surface area contributed by atoms with Crippen LogP contribution in [0.3, 0.4) is 0 Å². The number of ether oxygens (including phenoxy) is 1. The maximum atomic E-state index is 11.3. The molecule has 5 heteroatoms. The molecule has 0 spiro atoms. The highest BCUT2D eigenvalue weighted by Crippen LogP contribution is 2.43. The topological polar surface area (TPSA) is 72.5 Å². The van der Waals surface area contributed by atoms with Crippen molar-refractivity contribution in [2.24, 2.45) is 5.73 Å². The summed E-state index contributed by atoms with van der Waals surface area (Å²) in [6.45, 7) is 0.0576. The molecule has 110 valence electrons. The van der Waals surface area contributed by atoms with E-state index in [1.165, 1.54) is 12.8 Å². The van der Waals surface area contributed by atoms with Crippen LogP contribution in [0.25, 0.3) is 0 Å². The Kier molecular flexibility index (Phi) is 4.89. The van der Waals surface area contributed by atoms with Gasteiger partial charge in [-0.15, -0.1) is 0 Å². The first-order chi connectivity index (χ1) is 9.58. The van der Waals surface area contributed by atoms with Gasteiger partial charge in [0.15, 0.2) is 0 Å². The fourth-order valence-corrected chi connectivity index (χ4v) is 3.28. The molecule has 1 aliphatic carbocycles. The van der Waals surface area contributed by atoms with Crippen molar-refractivity contribution < 1.29 is 14.6 Å². The second kappa shape index (κ2) is 6.46. The first-order valence-corrected chi connectivity index (χ1v) is 7.26. The Morgan fingerprint density at radius 2 is 2.15 bits per heavy atom. The number of carbonyl (C=O) groups is 1. The van der Waals surface area contributed by atoms with Gasteiger partial charge in [0.25, 0.3) is 0 Å². The predicted molar refractivity (Wildman–Crippen MR) is 78.6 cm³/mol. The largest absolute Gasteiger partial charge is 0.495 e. The van der Waals surface area contributed by atoms with Crippen LogP contribution < -0.4 is 10.5 Å². The maximum absolute atomic E-state index is 11.3. The van der Waals surface area contributed by atoms with E-state index in [0.717, 1.165) is 18.4 Å². The molecule has 0 bridgehead atoms. The molecule has 1 aliphatic rings. The van der Waals surface area contributed by atoms with E-state index in [1.807, 2.05) is 6.07 Å². The zero-order valence-electron chi connectivity index (χ0n) is 11.6. The minimum atomic E-state index is -0.925. The lowest BCUT2D eigenvalue weighted by Crippen LogP contribution is -2.21. The SMILES string of the molecule is COc1c(Cl)cc(C(CN)C(=O)O)cc1C1CCCC1. The van der Waals surface area contributed by atoms with Crippen LogP contribution in [-0.2, 0) is 4.79 Å². The van der Waals surface area contributed by atoms with Crippen molar-refractivity contribution in [2.45, 2.75) is 37.5 Å². The summed E-state index contributed by atoms with van der Waals surface area (Å²) in [7, 11) is 1.59. The third-order valence-corrected chi connectivity index (χ3v) is 4.31. The molecule has 4 nitrogen and oxygen atoms in total. The predicted octanol–water partition coefficient (Wildman–Crippen LogP) is 3.13. The molecule has 1 aromatic rings. The summed E-state index contributed by atoms with van der Waals surface area (Å²) in [6, 6.07) is 3.57. The van der Waals surface area contributed by atoms with E-state index in [9.17, 15) is 9.90 Å². The minimum absolute atomic E-state index is 0.0576. The number of carboxylic acid groups (broad SMARTS) is 1. The Morgan fingerprint density at radius 1 is 1.50 bits per heavy atom. The van der Waals surface area contributed by atoms with Crippen LogP contribution in [0, 0.1) is 0 Å². The number of benzene rings is 1. The van der Waals surface area contributed by atoms with E-state index in [-0.39, 0.29) is 6.54 Å². The van der Waals surface area contributed by atoms with Crippen molar-refractivity contribution in [1.82, 2.24) is 0 Å². The summed E-state index contributed by atoms with van der Waals surface area (Å²) >= 11 is 6.26. The number of rotatable bonds is 5. The van der Waals surface area contributed by atoms with Gasteiger partial charge in [0.05, 0.1) is 18.1 Å². The van der Waals surface area contributed by atoms with E-state index < -0.39 is 11.9 Å². The molecule has 0 aliphatic heterocycles. The lowest BCUT2D eigenvalue weighted by molar-refractivity contribution is -0.138. The van der Waals surface area contributed by atoms with Gasteiger partial charge >= 0.3 is 5.97 Å². The first-order valence-electron chi connectivity index (χ1n) is 6.88. The Morgan fingerprint density at radius 3 is 2.65 bits per heavy atom. The van der Waals surface area contributed by atoms with Gasteiger partial charge in [-0.3, -0.25) is 4.79 Å². The fourth-order valence-electron chi connectivity index (χ4n) is 2.97. The number of halogens is 1. The molecule has 1 aromatic carbocycles. The molecule has 3 N–H and O–H groups in total. The molecule has 1 unspecified atom stereocenters. The van der Waals surface area contributed by atoms with Gasteiger partial charge in [-0.05, 0) is 36.0 Å². The average molecular weight is 298 g/mol. The van der Waals surface area contributed by atoms with Crippen LogP contribution in [0.15, 0.2) is 12.1 Å². The van der Waals surface area contributed by atoms with Gasteiger partial charge in [0.2, 0.25) is 0 Å². The number of methoxy groups -OCH3 is 1. The Labute approximate surface area is 123 Å². The Bertz CT molecular complexity index is 498. The second-order valence-corrected chi connectivity index (χ2v) is 5.64. The highest BCUT2D eigenvalue weighted by atomic mass is 35.5. The summed E-state index contributed by atoms with van der Waals surface area (Å²) in [5, 5.41) is 9.71. The Hall–Kier alpha value is -1.26. The van der Waals surface area contributed by atoms with Crippen molar-refractivity contribution in [3.8, 4) is 5.75 Å². The van der Waals surface area contributed by atoms with Crippen molar-refractivity contribution in [1.29, 1.82) is 0 Å². The van der Waals surface area contributed by atoms with E-state index >= 15 is 0 Å². The molecule has 0 saturated heterocycles. The fraction of sp³-hybridized carbons (Fsp3) is 0.533. The Balaban J connectivity index is 2.47. The number of hydrogen-bond acceptors (Lipinski definition) is 3. The molecular weight excluding hydrogens is 278 g/mol. The van der Waals surface area contributed by atoms with Crippen LogP contribution in [0.2, 0.25) is 5.02 Å². The van der Waals surface area contributed by atoms with E-state index in [0.29, 0.717) is 22.3 Å². The average Bonchev–Trinajstić information content (AvgIpc) is 2.92. The van der Waals surface area contributed by atoms with Gasteiger partial charge < -0.3 is 15.6 Å². The van der Waals surface area contributed by atoms with Gasteiger partial charge in [-0.25, -0.2) is 0 Å². The zero-order valence-corrected chi connectivity index (χ0v) is 12.3. The summed E-state index contributed by atoms with van der Waals surface area (Å²) < 4.78 is 5.41. The summed E-state index contributed by atoms with van der Waals surface area (Å²) in [5.74, 6) is -0.581. The van der Waals surface area contributed by atoms with Gasteiger partial charge in [-0.2, -0.15) is 0 Å². The van der Waals surface area contributed by atoms with Crippen LogP contribution in [0.1, 0.15) is 48.6 Å². The molecule has 1 saturated carbocycles. The summed E-state index contributed by atoms with van der Waals surface area (Å²) in [4.78, 5) is 11.3. The third-order valence-electron chi connectivity index (χ3n) is 4.03. The number of carboxylic acids is 1. The van der Waals surface area contributed by atoms with Gasteiger partial charge in [0, 0.05) is 6.54 Å². The maximum Gasteiger partial charge on any atom is 0.312 e. The smallest absolute Gasteiger partial charge is 0.312 e. The van der Waals surface area contributed by atoms with Gasteiger partial charge in [-0.1, -0.05) is 30.5 Å². The molecule has 0 aromatic heterocycles. The van der Waals surface area contributed by atoms with Crippen LogP contribution in [0.5, 0.6) is 5.75 Å². The standard InChI is InChI=1S/C15H20ClNO3/c1-20-14-11(9-4-2-3-5-9)6-10(7-13(14)16)12(8-17)15(18)19/h6-7,9,12H,2-5,8,17H2,1H3,(H,18,19). The zero-order chi connectivity index (χ0) is 14.7. The third kappa shape index (κ3) is 2.91. The molecule has 0 radical (unpaired) electrons. The highest BCUT2D eigenvalue weighted by molar-refractivity contribution is 6.32. The second-order valence-electron chi connectivity index (χ2n) is 5.23. The van der Waals surface area contributed by atoms with E-state index in [4.69, 9.17) is 22.1 Å². The summed E-state index contributed by atoms with van der Waals surface area (Å²) in [5.41, 5.74) is 7.26. The van der Waals surface area contributed by atoms with Crippen molar-refractivity contribution >= 4 is 17.6 Å². The monoisotopic (exact) mass is 297 g/mol. The van der Waals surface area contributed by atoms with E-state index in [2.05, 4.69) is 0 Å². The number of aliphatic carboxylic acids is 1. The first kappa shape index (κ1) is 15.1. The van der Waals surface area contributed by atoms with Gasteiger partial charge in [0.1, 0.15) is 5.75 Å². The van der Waals surface area contributed by atoms with Crippen molar-refractivity contribution in [2.75, 3.05) is 13.7 Å². The molecule has 1 atom stereocenters. The molecular formula is C15H20ClNO3. The van der Waals surface area contributed by atoms with Crippen LogP contribution >= 0.6 is 11.6 Å². The molecule has 20 heavy (non-hydrogen) atoms. The number of hydrogen-bond donors (Lipinski definition) is 2. The molecule has 1 fully saturated rings. The lowest BCUT2D eigenvalue weighted by Gasteiger charge is -2.19. The van der Waals surface area contributed by atoms with Crippen LogP contribution in [-0.4, -0.2) is 24.7 Å².